The maximum atomic E-state index is 6.43. The van der Waals surface area contributed by atoms with E-state index in [2.05, 4.69) is 56.3 Å². The Morgan fingerprint density at radius 3 is 2.71 bits per heavy atom. The first-order chi connectivity index (χ1) is 10.1. The van der Waals surface area contributed by atoms with Crippen LogP contribution in [-0.2, 0) is 6.54 Å². The number of nitrogens with zero attached hydrogens (tertiary/aromatic N) is 2. The molecular weight excluding hydrogens is 282 g/mol. The van der Waals surface area contributed by atoms with Gasteiger partial charge in [-0.3, -0.25) is 4.68 Å². The van der Waals surface area contributed by atoms with E-state index in [1.165, 1.54) is 16.7 Å². The lowest BCUT2D eigenvalue weighted by Crippen LogP contribution is -2.26. The molecule has 4 heteroatoms. The van der Waals surface area contributed by atoms with Crippen molar-refractivity contribution in [3.05, 3.63) is 51.8 Å². The van der Waals surface area contributed by atoms with Gasteiger partial charge in [-0.1, -0.05) is 43.6 Å². The summed E-state index contributed by atoms with van der Waals surface area (Å²) < 4.78 is 2.03. The van der Waals surface area contributed by atoms with E-state index in [9.17, 15) is 0 Å². The Balaban J connectivity index is 2.53. The zero-order chi connectivity index (χ0) is 15.4. The summed E-state index contributed by atoms with van der Waals surface area (Å²) in [6.07, 6.45) is 2.79. The molecule has 0 fully saturated rings. The van der Waals surface area contributed by atoms with Crippen molar-refractivity contribution in [1.82, 2.24) is 15.1 Å². The zero-order valence-corrected chi connectivity index (χ0v) is 14.0. The molecular formula is C17H24ClN3. The molecule has 1 unspecified atom stereocenters. The zero-order valence-electron chi connectivity index (χ0n) is 13.3. The van der Waals surface area contributed by atoms with Crippen LogP contribution >= 0.6 is 11.6 Å². The van der Waals surface area contributed by atoms with Crippen molar-refractivity contribution < 1.29 is 0 Å². The average molecular weight is 306 g/mol. The van der Waals surface area contributed by atoms with Crippen LogP contribution in [0.1, 0.15) is 48.7 Å². The van der Waals surface area contributed by atoms with E-state index >= 15 is 0 Å². The number of aromatic nitrogens is 2. The fraction of sp³-hybridized carbons (Fsp3) is 0.471. The van der Waals surface area contributed by atoms with Crippen molar-refractivity contribution in [3.8, 4) is 0 Å². The SMILES string of the molecule is CCCn1ncc(Cl)c1C(NCC)c1cccc(C)c1C. The normalized spacial score (nSPS) is 12.6. The second-order valence-electron chi connectivity index (χ2n) is 5.38. The molecule has 0 aliphatic carbocycles. The van der Waals surface area contributed by atoms with Gasteiger partial charge in [0, 0.05) is 6.54 Å². The highest BCUT2D eigenvalue weighted by molar-refractivity contribution is 6.31. The molecule has 0 amide bonds. The molecule has 2 rings (SSSR count). The molecule has 0 spiro atoms. The van der Waals surface area contributed by atoms with Crippen LogP contribution in [0, 0.1) is 13.8 Å². The third-order valence-electron chi connectivity index (χ3n) is 3.91. The standard InChI is InChI=1S/C17H24ClN3/c1-5-10-21-17(15(18)11-20-21)16(19-6-2)14-9-7-8-12(3)13(14)4/h7-9,11,16,19H,5-6,10H2,1-4H3. The predicted molar refractivity (Wildman–Crippen MR) is 89.0 cm³/mol. The minimum absolute atomic E-state index is 0.0800. The molecule has 21 heavy (non-hydrogen) atoms. The van der Waals surface area contributed by atoms with E-state index in [1.54, 1.807) is 6.20 Å². The third kappa shape index (κ3) is 3.30. The van der Waals surface area contributed by atoms with Crippen molar-refractivity contribution in [2.75, 3.05) is 6.54 Å². The third-order valence-corrected chi connectivity index (χ3v) is 4.20. The molecule has 0 bridgehead atoms. The minimum atomic E-state index is 0.0800. The maximum absolute atomic E-state index is 6.43. The summed E-state index contributed by atoms with van der Waals surface area (Å²) in [7, 11) is 0. The van der Waals surface area contributed by atoms with E-state index in [1.807, 2.05) is 4.68 Å². The van der Waals surface area contributed by atoms with Gasteiger partial charge in [0.25, 0.3) is 0 Å². The molecule has 1 aromatic carbocycles. The monoisotopic (exact) mass is 305 g/mol. The summed E-state index contributed by atoms with van der Waals surface area (Å²) in [6, 6.07) is 6.51. The number of benzene rings is 1. The van der Waals surface area contributed by atoms with Gasteiger partial charge in [-0.05, 0) is 43.5 Å². The second-order valence-corrected chi connectivity index (χ2v) is 5.79. The summed E-state index contributed by atoms with van der Waals surface area (Å²) in [5.41, 5.74) is 4.95. The van der Waals surface area contributed by atoms with Crippen molar-refractivity contribution in [1.29, 1.82) is 0 Å². The van der Waals surface area contributed by atoms with Crippen LogP contribution in [-0.4, -0.2) is 16.3 Å². The molecule has 0 aliphatic rings. The van der Waals surface area contributed by atoms with Gasteiger partial charge < -0.3 is 5.32 Å². The number of nitrogens with one attached hydrogen (secondary N) is 1. The largest absolute Gasteiger partial charge is 0.305 e. The van der Waals surface area contributed by atoms with Crippen LogP contribution in [0.25, 0.3) is 0 Å². The number of hydrogen-bond donors (Lipinski definition) is 1. The fourth-order valence-corrected chi connectivity index (χ4v) is 2.94. The second kappa shape index (κ2) is 7.10. The van der Waals surface area contributed by atoms with Crippen molar-refractivity contribution in [3.63, 3.8) is 0 Å². The molecule has 1 atom stereocenters. The molecule has 1 heterocycles. The topological polar surface area (TPSA) is 29.9 Å². The lowest BCUT2D eigenvalue weighted by atomic mass is 9.95. The van der Waals surface area contributed by atoms with Gasteiger partial charge in [0.1, 0.15) is 0 Å². The first kappa shape index (κ1) is 16.1. The molecule has 1 aromatic heterocycles. The van der Waals surface area contributed by atoms with Crippen LogP contribution in [0.5, 0.6) is 0 Å². The van der Waals surface area contributed by atoms with Crippen molar-refractivity contribution in [2.45, 2.75) is 46.7 Å². The maximum Gasteiger partial charge on any atom is 0.0837 e. The van der Waals surface area contributed by atoms with E-state index in [4.69, 9.17) is 11.6 Å². The number of aryl methyl sites for hydroxylation is 2. The van der Waals surface area contributed by atoms with E-state index in [0.717, 1.165) is 30.2 Å². The van der Waals surface area contributed by atoms with Crippen LogP contribution in [0.4, 0.5) is 0 Å². The fourth-order valence-electron chi connectivity index (χ4n) is 2.69. The molecule has 1 N–H and O–H groups in total. The summed E-state index contributed by atoms with van der Waals surface area (Å²) >= 11 is 6.43. The Morgan fingerprint density at radius 1 is 1.29 bits per heavy atom. The number of rotatable bonds is 6. The van der Waals surface area contributed by atoms with Crippen molar-refractivity contribution >= 4 is 11.6 Å². The quantitative estimate of drug-likeness (QED) is 0.864. The van der Waals surface area contributed by atoms with E-state index < -0.39 is 0 Å². The molecule has 114 valence electrons. The predicted octanol–water partition coefficient (Wildman–Crippen LogP) is 4.26. The highest BCUT2D eigenvalue weighted by Crippen LogP contribution is 2.31. The Bertz CT molecular complexity index is 604. The van der Waals surface area contributed by atoms with Gasteiger partial charge >= 0.3 is 0 Å². The molecule has 0 radical (unpaired) electrons. The van der Waals surface area contributed by atoms with Gasteiger partial charge in [-0.15, -0.1) is 0 Å². The van der Waals surface area contributed by atoms with Gasteiger partial charge in [-0.25, -0.2) is 0 Å². The number of hydrogen-bond acceptors (Lipinski definition) is 2. The van der Waals surface area contributed by atoms with E-state index in [0.29, 0.717) is 0 Å². The lowest BCUT2D eigenvalue weighted by Gasteiger charge is -2.23. The lowest BCUT2D eigenvalue weighted by molar-refractivity contribution is 0.519. The van der Waals surface area contributed by atoms with Crippen LogP contribution in [0.2, 0.25) is 5.02 Å². The Hall–Kier alpha value is -1.32. The minimum Gasteiger partial charge on any atom is -0.305 e. The number of halogens is 1. The molecule has 0 saturated heterocycles. The summed E-state index contributed by atoms with van der Waals surface area (Å²) in [4.78, 5) is 0. The summed E-state index contributed by atoms with van der Waals surface area (Å²) in [6.45, 7) is 10.4. The van der Waals surface area contributed by atoms with Gasteiger partial charge in [0.05, 0.1) is 23.0 Å². The smallest absolute Gasteiger partial charge is 0.0837 e. The first-order valence-corrected chi connectivity index (χ1v) is 7.98. The van der Waals surface area contributed by atoms with Gasteiger partial charge in [-0.2, -0.15) is 5.10 Å². The Morgan fingerprint density at radius 2 is 2.05 bits per heavy atom. The molecule has 3 nitrogen and oxygen atoms in total. The Labute approximate surface area is 132 Å². The van der Waals surface area contributed by atoms with Crippen LogP contribution in [0.15, 0.2) is 24.4 Å². The first-order valence-electron chi connectivity index (χ1n) is 7.60. The van der Waals surface area contributed by atoms with Gasteiger partial charge in [0.15, 0.2) is 0 Å². The highest BCUT2D eigenvalue weighted by atomic mass is 35.5. The molecule has 0 saturated carbocycles. The van der Waals surface area contributed by atoms with Crippen LogP contribution < -0.4 is 5.32 Å². The summed E-state index contributed by atoms with van der Waals surface area (Å²) in [5.74, 6) is 0. The molecule has 0 aliphatic heterocycles. The average Bonchev–Trinajstić information content (AvgIpc) is 2.81. The molecule has 2 aromatic rings. The highest BCUT2D eigenvalue weighted by Gasteiger charge is 2.23. The summed E-state index contributed by atoms with van der Waals surface area (Å²) in [5, 5.41) is 8.73. The van der Waals surface area contributed by atoms with Crippen LogP contribution in [0.3, 0.4) is 0 Å². The van der Waals surface area contributed by atoms with Crippen molar-refractivity contribution in [2.24, 2.45) is 0 Å². The van der Waals surface area contributed by atoms with E-state index in [-0.39, 0.29) is 6.04 Å². The Kier molecular flexibility index (Phi) is 5.43. The van der Waals surface area contributed by atoms with Gasteiger partial charge in [0.2, 0.25) is 0 Å².